The quantitative estimate of drug-likeness (QED) is 0.383. The maximum atomic E-state index is 13.5. The second kappa shape index (κ2) is 8.01. The fourth-order valence-electron chi connectivity index (χ4n) is 2.31. The van der Waals surface area contributed by atoms with E-state index in [1.165, 1.54) is 35.2 Å². The lowest BCUT2D eigenvalue weighted by Gasteiger charge is -1.98. The van der Waals surface area contributed by atoms with Crippen LogP contribution in [0.15, 0.2) is 45.9 Å². The van der Waals surface area contributed by atoms with Gasteiger partial charge in [0.1, 0.15) is 18.1 Å². The molecule has 3 rings (SSSR count). The summed E-state index contributed by atoms with van der Waals surface area (Å²) in [5.74, 6) is -1.26. The number of aromatic nitrogens is 2. The summed E-state index contributed by atoms with van der Waals surface area (Å²) in [5, 5.41) is 18.3. The van der Waals surface area contributed by atoms with Gasteiger partial charge < -0.3 is 14.5 Å². The molecule has 1 aromatic carbocycles. The lowest BCUT2D eigenvalue weighted by atomic mass is 10.2. The van der Waals surface area contributed by atoms with Crippen molar-refractivity contribution >= 4 is 29.5 Å². The number of carbonyl (C=O) groups is 1. The number of halogens is 2. The summed E-state index contributed by atoms with van der Waals surface area (Å²) < 4.78 is 20.2. The highest BCUT2D eigenvalue weighted by molar-refractivity contribution is 6.33. The molecule has 0 saturated heterocycles. The Kier molecular flexibility index (Phi) is 5.50. The zero-order valence-corrected chi connectivity index (χ0v) is 15.2. The van der Waals surface area contributed by atoms with E-state index in [1.54, 1.807) is 19.1 Å². The minimum Gasteiger partial charge on any atom is -0.454 e. The van der Waals surface area contributed by atoms with E-state index in [2.05, 4.69) is 15.6 Å². The molecule has 9 nitrogen and oxygen atoms in total. The van der Waals surface area contributed by atoms with Crippen molar-refractivity contribution in [3.05, 3.63) is 80.1 Å². The summed E-state index contributed by atoms with van der Waals surface area (Å²) in [7, 11) is 0. The number of rotatable bonds is 6. The Balaban J connectivity index is 1.67. The van der Waals surface area contributed by atoms with Gasteiger partial charge >= 0.3 is 11.7 Å². The number of benzene rings is 1. The first-order chi connectivity index (χ1) is 13.4. The lowest BCUT2D eigenvalue weighted by molar-refractivity contribution is -0.389. The minimum absolute atomic E-state index is 0.0360. The third-order valence-electron chi connectivity index (χ3n) is 3.76. The zero-order valence-electron chi connectivity index (χ0n) is 14.4. The average molecular weight is 406 g/mol. The molecule has 0 aliphatic rings. The van der Waals surface area contributed by atoms with Crippen molar-refractivity contribution in [2.75, 3.05) is 0 Å². The third kappa shape index (κ3) is 4.07. The van der Waals surface area contributed by atoms with E-state index in [-0.39, 0.29) is 22.9 Å². The summed E-state index contributed by atoms with van der Waals surface area (Å²) >= 11 is 5.89. The van der Waals surface area contributed by atoms with Crippen LogP contribution in [0, 0.1) is 22.9 Å². The van der Waals surface area contributed by atoms with E-state index in [1.807, 2.05) is 0 Å². The highest BCUT2D eigenvalue weighted by atomic mass is 35.5. The molecule has 3 aromatic rings. The van der Waals surface area contributed by atoms with Crippen LogP contribution < -0.4 is 5.43 Å². The third-order valence-corrected chi connectivity index (χ3v) is 4.20. The molecule has 0 fully saturated rings. The van der Waals surface area contributed by atoms with Crippen molar-refractivity contribution < 1.29 is 18.5 Å². The fraction of sp³-hybridized carbons (Fsp3) is 0.118. The molecule has 28 heavy (non-hydrogen) atoms. The Hall–Kier alpha value is -3.53. The first kappa shape index (κ1) is 19.2. The first-order valence-electron chi connectivity index (χ1n) is 7.90. The van der Waals surface area contributed by atoms with Crippen molar-refractivity contribution in [1.29, 1.82) is 0 Å². The van der Waals surface area contributed by atoms with Gasteiger partial charge in [-0.2, -0.15) is 9.78 Å². The Morgan fingerprint density at radius 1 is 1.43 bits per heavy atom. The van der Waals surface area contributed by atoms with E-state index < -0.39 is 22.5 Å². The predicted octanol–water partition coefficient (Wildman–Crippen LogP) is 3.30. The van der Waals surface area contributed by atoms with Crippen LogP contribution in [-0.4, -0.2) is 26.8 Å². The van der Waals surface area contributed by atoms with E-state index in [0.717, 1.165) is 0 Å². The van der Waals surface area contributed by atoms with Crippen LogP contribution in [-0.2, 0) is 6.54 Å². The highest BCUT2D eigenvalue weighted by Gasteiger charge is 2.24. The van der Waals surface area contributed by atoms with Gasteiger partial charge in [-0.3, -0.25) is 4.79 Å². The van der Waals surface area contributed by atoms with Gasteiger partial charge in [-0.25, -0.2) is 9.82 Å². The van der Waals surface area contributed by atoms with E-state index in [0.29, 0.717) is 11.5 Å². The number of hydrazone groups is 1. The van der Waals surface area contributed by atoms with Gasteiger partial charge in [0, 0.05) is 5.56 Å². The van der Waals surface area contributed by atoms with Crippen molar-refractivity contribution in [2.24, 2.45) is 5.10 Å². The molecular formula is C17H13ClFN5O4. The molecule has 0 bridgehead atoms. The van der Waals surface area contributed by atoms with Gasteiger partial charge in [-0.15, -0.1) is 0 Å². The Bertz CT molecular complexity index is 1080. The number of amides is 1. The number of carbonyl (C=O) groups excluding carboxylic acids is 1. The Labute approximate surface area is 162 Å². The molecule has 0 aliphatic carbocycles. The van der Waals surface area contributed by atoms with Gasteiger partial charge in [0.15, 0.2) is 10.8 Å². The number of furan rings is 1. The van der Waals surface area contributed by atoms with Gasteiger partial charge in [-0.05, 0) is 30.0 Å². The zero-order chi connectivity index (χ0) is 20.3. The van der Waals surface area contributed by atoms with Crippen LogP contribution in [0.1, 0.15) is 27.6 Å². The molecule has 144 valence electrons. The standard InChI is InChI=1S/C17H13ClFN5O4/c1-10-15(18)16(24(26)27)22-23(10)9-12-6-7-14(28-12)17(25)21-20-8-11-4-2-3-5-13(11)19/h2-8H,9H2,1H3,(H,21,25). The fourth-order valence-corrected chi connectivity index (χ4v) is 2.51. The molecule has 0 atom stereocenters. The molecule has 11 heteroatoms. The Morgan fingerprint density at radius 2 is 2.18 bits per heavy atom. The monoisotopic (exact) mass is 405 g/mol. The molecule has 0 radical (unpaired) electrons. The second-order valence-corrected chi connectivity index (χ2v) is 6.00. The van der Waals surface area contributed by atoms with E-state index in [9.17, 15) is 19.3 Å². The topological polar surface area (TPSA) is 116 Å². The van der Waals surface area contributed by atoms with E-state index >= 15 is 0 Å². The molecule has 0 spiro atoms. The van der Waals surface area contributed by atoms with Gasteiger partial charge in [0.05, 0.1) is 17.0 Å². The number of hydrogen-bond acceptors (Lipinski definition) is 6. The summed E-state index contributed by atoms with van der Waals surface area (Å²) in [6, 6.07) is 8.90. The van der Waals surface area contributed by atoms with Gasteiger partial charge in [-0.1, -0.05) is 29.8 Å². The molecule has 0 saturated carbocycles. The van der Waals surface area contributed by atoms with Crippen LogP contribution in [0.4, 0.5) is 10.2 Å². The molecule has 0 unspecified atom stereocenters. The average Bonchev–Trinajstić information content (AvgIpc) is 3.24. The van der Waals surface area contributed by atoms with Gasteiger partial charge in [0.25, 0.3) is 0 Å². The predicted molar refractivity (Wildman–Crippen MR) is 97.9 cm³/mol. The first-order valence-corrected chi connectivity index (χ1v) is 8.28. The van der Waals surface area contributed by atoms with Crippen molar-refractivity contribution in [3.8, 4) is 0 Å². The van der Waals surface area contributed by atoms with Crippen LogP contribution in [0.2, 0.25) is 5.02 Å². The largest absolute Gasteiger partial charge is 0.454 e. The molecule has 1 amide bonds. The molecule has 2 heterocycles. The van der Waals surface area contributed by atoms with E-state index in [4.69, 9.17) is 16.0 Å². The summed E-state index contributed by atoms with van der Waals surface area (Å²) in [5.41, 5.74) is 2.84. The maximum absolute atomic E-state index is 13.5. The number of hydrogen-bond donors (Lipinski definition) is 1. The van der Waals surface area contributed by atoms with Crippen molar-refractivity contribution in [2.45, 2.75) is 13.5 Å². The van der Waals surface area contributed by atoms with Crippen LogP contribution in [0.5, 0.6) is 0 Å². The van der Waals surface area contributed by atoms with Crippen LogP contribution in [0.3, 0.4) is 0 Å². The smallest absolute Gasteiger partial charge is 0.408 e. The highest BCUT2D eigenvalue weighted by Crippen LogP contribution is 2.27. The number of nitrogens with zero attached hydrogens (tertiary/aromatic N) is 4. The van der Waals surface area contributed by atoms with Crippen LogP contribution in [0.25, 0.3) is 0 Å². The van der Waals surface area contributed by atoms with Crippen LogP contribution >= 0.6 is 11.6 Å². The number of nitro groups is 1. The van der Waals surface area contributed by atoms with Gasteiger partial charge in [0.2, 0.25) is 0 Å². The minimum atomic E-state index is -0.680. The lowest BCUT2D eigenvalue weighted by Crippen LogP contribution is -2.17. The maximum Gasteiger partial charge on any atom is 0.408 e. The molecule has 1 N–H and O–H groups in total. The SMILES string of the molecule is Cc1c(Cl)c([N+](=O)[O-])nn1Cc1ccc(C(=O)NN=Cc2ccccc2F)o1. The summed E-state index contributed by atoms with van der Waals surface area (Å²) in [6.07, 6.45) is 1.17. The molecule has 0 aliphatic heterocycles. The summed E-state index contributed by atoms with van der Waals surface area (Å²) in [6.45, 7) is 1.63. The molecule has 2 aromatic heterocycles. The van der Waals surface area contributed by atoms with Crippen molar-refractivity contribution in [1.82, 2.24) is 15.2 Å². The molecular weight excluding hydrogens is 393 g/mol. The van der Waals surface area contributed by atoms with Crippen molar-refractivity contribution in [3.63, 3.8) is 0 Å². The Morgan fingerprint density at radius 3 is 2.86 bits per heavy atom. The summed E-state index contributed by atoms with van der Waals surface area (Å²) in [4.78, 5) is 22.3. The second-order valence-electron chi connectivity index (χ2n) is 5.62. The number of nitrogens with one attached hydrogen (secondary N) is 1. The normalized spacial score (nSPS) is 11.1.